The molecule has 0 spiro atoms. The van der Waals surface area contributed by atoms with E-state index in [-0.39, 0.29) is 18.1 Å². The maximum atomic E-state index is 10.4. The first kappa shape index (κ1) is 13.7. The maximum absolute atomic E-state index is 10.4. The Kier molecular flexibility index (Phi) is 5.11. The van der Waals surface area contributed by atoms with Gasteiger partial charge in [0.2, 0.25) is 0 Å². The minimum atomic E-state index is -0.449. The quantitative estimate of drug-likeness (QED) is 0.633. The third-order valence-electron chi connectivity index (χ3n) is 2.65. The largest absolute Gasteiger partial charge is 0.369 e. The van der Waals surface area contributed by atoms with Gasteiger partial charge < -0.3 is 10.6 Å². The SMILES string of the molecule is Cl.O=[N+]([O-])c1ccc(NCC2CCCN2)nc1. The van der Waals surface area contributed by atoms with Crippen molar-refractivity contribution in [2.75, 3.05) is 18.4 Å². The van der Waals surface area contributed by atoms with Crippen molar-refractivity contribution in [3.05, 3.63) is 28.4 Å². The molecule has 0 amide bonds. The molecule has 0 bridgehead atoms. The molecule has 7 heteroatoms. The van der Waals surface area contributed by atoms with Gasteiger partial charge in [-0.05, 0) is 25.5 Å². The second-order valence-electron chi connectivity index (χ2n) is 3.83. The normalized spacial score (nSPS) is 18.5. The molecule has 1 aliphatic heterocycles. The topological polar surface area (TPSA) is 80.1 Å². The van der Waals surface area contributed by atoms with E-state index in [1.807, 2.05) is 0 Å². The summed E-state index contributed by atoms with van der Waals surface area (Å²) in [5.41, 5.74) is 0.0181. The molecule has 2 heterocycles. The second-order valence-corrected chi connectivity index (χ2v) is 3.83. The Bertz CT molecular complexity index is 365. The molecule has 0 aliphatic carbocycles. The second kappa shape index (κ2) is 6.36. The summed E-state index contributed by atoms with van der Waals surface area (Å²) in [6.45, 7) is 1.88. The van der Waals surface area contributed by atoms with E-state index in [2.05, 4.69) is 15.6 Å². The van der Waals surface area contributed by atoms with Crippen LogP contribution in [-0.2, 0) is 0 Å². The monoisotopic (exact) mass is 258 g/mol. The van der Waals surface area contributed by atoms with Crippen LogP contribution in [0.25, 0.3) is 0 Å². The molecule has 1 aliphatic rings. The van der Waals surface area contributed by atoms with Crippen LogP contribution in [0.3, 0.4) is 0 Å². The fraction of sp³-hybridized carbons (Fsp3) is 0.500. The van der Waals surface area contributed by atoms with Gasteiger partial charge in [0.05, 0.1) is 4.92 Å². The van der Waals surface area contributed by atoms with E-state index in [1.165, 1.54) is 25.1 Å². The average molecular weight is 259 g/mol. The van der Waals surface area contributed by atoms with Crippen molar-refractivity contribution in [1.82, 2.24) is 10.3 Å². The highest BCUT2D eigenvalue weighted by molar-refractivity contribution is 5.85. The Balaban J connectivity index is 0.00000144. The number of hydrogen-bond donors (Lipinski definition) is 2. The fourth-order valence-corrected chi connectivity index (χ4v) is 1.76. The molecule has 2 rings (SSSR count). The number of nitrogens with one attached hydrogen (secondary N) is 2. The molecule has 1 aromatic rings. The lowest BCUT2D eigenvalue weighted by molar-refractivity contribution is -0.385. The van der Waals surface area contributed by atoms with Crippen LogP contribution in [0.2, 0.25) is 0 Å². The fourth-order valence-electron chi connectivity index (χ4n) is 1.76. The van der Waals surface area contributed by atoms with Gasteiger partial charge >= 0.3 is 0 Å². The lowest BCUT2D eigenvalue weighted by atomic mass is 10.2. The third-order valence-corrected chi connectivity index (χ3v) is 2.65. The van der Waals surface area contributed by atoms with E-state index in [0.717, 1.165) is 13.1 Å². The number of nitro groups is 1. The molecular formula is C10H15ClN4O2. The van der Waals surface area contributed by atoms with Crippen molar-refractivity contribution < 1.29 is 4.92 Å². The summed E-state index contributed by atoms with van der Waals surface area (Å²) in [7, 11) is 0. The summed E-state index contributed by atoms with van der Waals surface area (Å²) in [5.74, 6) is 0.680. The van der Waals surface area contributed by atoms with Crippen LogP contribution in [0.5, 0.6) is 0 Å². The van der Waals surface area contributed by atoms with Crippen LogP contribution in [-0.4, -0.2) is 29.0 Å². The zero-order chi connectivity index (χ0) is 11.4. The molecule has 1 saturated heterocycles. The van der Waals surface area contributed by atoms with Crippen LogP contribution in [0.15, 0.2) is 18.3 Å². The van der Waals surface area contributed by atoms with Crippen LogP contribution < -0.4 is 10.6 Å². The van der Waals surface area contributed by atoms with Gasteiger partial charge in [0, 0.05) is 18.7 Å². The molecule has 17 heavy (non-hydrogen) atoms. The van der Waals surface area contributed by atoms with Gasteiger partial charge in [0.15, 0.2) is 0 Å². The summed E-state index contributed by atoms with van der Waals surface area (Å²) in [4.78, 5) is 13.9. The van der Waals surface area contributed by atoms with Gasteiger partial charge in [-0.25, -0.2) is 4.98 Å². The van der Waals surface area contributed by atoms with E-state index in [1.54, 1.807) is 6.07 Å². The first-order chi connectivity index (χ1) is 7.75. The predicted molar refractivity (Wildman–Crippen MR) is 67.7 cm³/mol. The first-order valence-electron chi connectivity index (χ1n) is 5.33. The molecule has 0 aromatic carbocycles. The number of aromatic nitrogens is 1. The number of rotatable bonds is 4. The van der Waals surface area contributed by atoms with E-state index in [0.29, 0.717) is 11.9 Å². The molecule has 1 atom stereocenters. The van der Waals surface area contributed by atoms with E-state index < -0.39 is 4.92 Å². The molecule has 1 fully saturated rings. The number of halogens is 1. The van der Waals surface area contributed by atoms with Crippen LogP contribution in [0.4, 0.5) is 11.5 Å². The molecule has 6 nitrogen and oxygen atoms in total. The van der Waals surface area contributed by atoms with E-state index in [9.17, 15) is 10.1 Å². The van der Waals surface area contributed by atoms with Crippen molar-refractivity contribution in [3.8, 4) is 0 Å². The molecule has 94 valence electrons. The Morgan fingerprint density at radius 2 is 2.41 bits per heavy atom. The van der Waals surface area contributed by atoms with Gasteiger partial charge in [-0.1, -0.05) is 0 Å². The van der Waals surface area contributed by atoms with Gasteiger partial charge in [-0.2, -0.15) is 0 Å². The Morgan fingerprint density at radius 1 is 1.59 bits per heavy atom. The van der Waals surface area contributed by atoms with Crippen LogP contribution in [0.1, 0.15) is 12.8 Å². The number of hydrogen-bond acceptors (Lipinski definition) is 5. The summed E-state index contributed by atoms with van der Waals surface area (Å²) >= 11 is 0. The molecule has 1 aromatic heterocycles. The van der Waals surface area contributed by atoms with Gasteiger partial charge in [0.25, 0.3) is 5.69 Å². The summed E-state index contributed by atoms with van der Waals surface area (Å²) in [6, 6.07) is 3.57. The zero-order valence-corrected chi connectivity index (χ0v) is 10.1. The summed E-state index contributed by atoms with van der Waals surface area (Å²) in [6.07, 6.45) is 3.64. The first-order valence-corrected chi connectivity index (χ1v) is 5.33. The van der Waals surface area contributed by atoms with Crippen LogP contribution in [0, 0.1) is 10.1 Å². The maximum Gasteiger partial charge on any atom is 0.287 e. The Hall–Kier alpha value is -1.40. The zero-order valence-electron chi connectivity index (χ0n) is 9.26. The highest BCUT2D eigenvalue weighted by Crippen LogP contribution is 2.12. The van der Waals surface area contributed by atoms with Crippen molar-refractivity contribution >= 4 is 23.9 Å². The minimum absolute atomic E-state index is 0. The average Bonchev–Trinajstić information content (AvgIpc) is 2.80. The number of anilines is 1. The molecule has 0 saturated carbocycles. The lowest BCUT2D eigenvalue weighted by Crippen LogP contribution is -2.29. The highest BCUT2D eigenvalue weighted by atomic mass is 35.5. The summed E-state index contributed by atoms with van der Waals surface area (Å²) in [5, 5.41) is 16.9. The Morgan fingerprint density at radius 3 is 2.94 bits per heavy atom. The van der Waals surface area contributed by atoms with Crippen molar-refractivity contribution in [2.24, 2.45) is 0 Å². The smallest absolute Gasteiger partial charge is 0.287 e. The minimum Gasteiger partial charge on any atom is -0.369 e. The predicted octanol–water partition coefficient (Wildman–Crippen LogP) is 1.58. The highest BCUT2D eigenvalue weighted by Gasteiger charge is 2.13. The van der Waals surface area contributed by atoms with Gasteiger partial charge in [-0.15, -0.1) is 12.4 Å². The van der Waals surface area contributed by atoms with Crippen LogP contribution >= 0.6 is 12.4 Å². The third kappa shape index (κ3) is 3.83. The van der Waals surface area contributed by atoms with Crippen molar-refractivity contribution in [3.63, 3.8) is 0 Å². The van der Waals surface area contributed by atoms with E-state index in [4.69, 9.17) is 0 Å². The molecular weight excluding hydrogens is 244 g/mol. The standard InChI is InChI=1S/C10H14N4O2.ClH/c15-14(16)9-3-4-10(13-7-9)12-6-8-2-1-5-11-8;/h3-4,7-8,11H,1-2,5-6H2,(H,12,13);1H. The molecule has 2 N–H and O–H groups in total. The lowest BCUT2D eigenvalue weighted by Gasteiger charge is -2.11. The van der Waals surface area contributed by atoms with Crippen molar-refractivity contribution in [1.29, 1.82) is 0 Å². The van der Waals surface area contributed by atoms with E-state index >= 15 is 0 Å². The molecule has 0 radical (unpaired) electrons. The van der Waals surface area contributed by atoms with Gasteiger partial charge in [0.1, 0.15) is 12.0 Å². The van der Waals surface area contributed by atoms with Gasteiger partial charge in [-0.3, -0.25) is 10.1 Å². The molecule has 1 unspecified atom stereocenters. The number of nitrogens with zero attached hydrogens (tertiary/aromatic N) is 2. The summed E-state index contributed by atoms with van der Waals surface area (Å²) < 4.78 is 0. The Labute approximate surface area is 105 Å². The van der Waals surface area contributed by atoms with Crippen molar-refractivity contribution in [2.45, 2.75) is 18.9 Å². The number of pyridine rings is 1.